The Bertz CT molecular complexity index is 892. The minimum absolute atomic E-state index is 0. The highest BCUT2D eigenvalue weighted by Gasteiger charge is 2.19. The molecular formula is C21H35N9O. The van der Waals surface area contributed by atoms with Gasteiger partial charge < -0.3 is 27.1 Å². The first-order chi connectivity index (χ1) is 15.0. The number of amides is 2. The van der Waals surface area contributed by atoms with Gasteiger partial charge in [-0.3, -0.25) is 4.90 Å². The molecule has 2 amide bonds. The second-order valence-electron chi connectivity index (χ2n) is 6.94. The molecule has 2 heterocycles. The lowest BCUT2D eigenvalue weighted by atomic mass is 10.2. The van der Waals surface area contributed by atoms with Crippen LogP contribution in [0.1, 0.15) is 15.5 Å². The highest BCUT2D eigenvalue weighted by molar-refractivity contribution is 6.02. The largest absolute Gasteiger partial charge is 0.405 e. The molecule has 170 valence electrons. The second-order valence-corrected chi connectivity index (χ2v) is 6.94. The molecule has 0 spiro atoms. The summed E-state index contributed by atoms with van der Waals surface area (Å²) in [6, 6.07) is 3.45. The van der Waals surface area contributed by atoms with Gasteiger partial charge in [-0.05, 0) is 49.9 Å². The molecular weight excluding hydrogens is 394 g/mol. The van der Waals surface area contributed by atoms with Gasteiger partial charge in [0, 0.05) is 54.6 Å². The van der Waals surface area contributed by atoms with Crippen LogP contribution < -0.4 is 21.7 Å². The number of hydrogen-bond donors (Lipinski definition) is 4. The highest BCUT2D eigenvalue weighted by Crippen LogP contribution is 2.23. The molecule has 0 saturated carbocycles. The van der Waals surface area contributed by atoms with Crippen LogP contribution in [0.3, 0.4) is 0 Å². The molecule has 1 aromatic rings. The number of nitrogens with two attached hydrogens (primary N) is 2. The van der Waals surface area contributed by atoms with Crippen LogP contribution in [0.4, 0.5) is 16.3 Å². The first-order valence-electron chi connectivity index (χ1n) is 10.2. The molecule has 1 aliphatic heterocycles. The molecule has 2 rings (SSSR count). The van der Waals surface area contributed by atoms with E-state index in [-0.39, 0.29) is 8.69 Å². The van der Waals surface area contributed by atoms with Crippen molar-refractivity contribution in [3.8, 4) is 0 Å². The van der Waals surface area contributed by atoms with E-state index < -0.39 is 6.03 Å². The zero-order valence-corrected chi connectivity index (χ0v) is 18.1. The van der Waals surface area contributed by atoms with Crippen LogP contribution in [0.15, 0.2) is 46.0 Å². The third-order valence-corrected chi connectivity index (χ3v) is 4.64. The number of nitrogens with one attached hydrogen (secondary N) is 2. The summed E-state index contributed by atoms with van der Waals surface area (Å²) in [7, 11) is 0. The highest BCUT2D eigenvalue weighted by atomic mass is 16.2. The van der Waals surface area contributed by atoms with Gasteiger partial charge in [-0.2, -0.15) is 4.99 Å². The van der Waals surface area contributed by atoms with Gasteiger partial charge in [-0.25, -0.2) is 14.8 Å². The fourth-order valence-corrected chi connectivity index (χ4v) is 3.18. The fourth-order valence-electron chi connectivity index (χ4n) is 3.18. The van der Waals surface area contributed by atoms with Crippen molar-refractivity contribution in [1.29, 1.82) is 5.41 Å². The zero-order valence-electron chi connectivity index (χ0n) is 18.1. The molecule has 1 aliphatic rings. The number of rotatable bonds is 8. The molecule has 0 atom stereocenters. The number of anilines is 1. The van der Waals surface area contributed by atoms with Gasteiger partial charge in [-0.1, -0.05) is 0 Å². The van der Waals surface area contributed by atoms with E-state index in [0.717, 1.165) is 37.6 Å². The van der Waals surface area contributed by atoms with Crippen LogP contribution in [0.5, 0.6) is 0 Å². The van der Waals surface area contributed by atoms with Gasteiger partial charge in [0.05, 0.1) is 11.4 Å². The predicted octanol–water partition coefficient (Wildman–Crippen LogP) is 1.84. The Balaban J connectivity index is 0.00000512. The summed E-state index contributed by atoms with van der Waals surface area (Å²) in [6.07, 6.45) is 7.51. The quantitative estimate of drug-likeness (QED) is 0.366. The van der Waals surface area contributed by atoms with Crippen LogP contribution in [-0.4, -0.2) is 73.4 Å². The molecule has 0 radical (unpaired) electrons. The summed E-state index contributed by atoms with van der Waals surface area (Å²) in [6.45, 7) is 8.19. The van der Waals surface area contributed by atoms with Crippen molar-refractivity contribution in [2.45, 2.75) is 13.8 Å². The lowest BCUT2D eigenvalue weighted by Crippen LogP contribution is -2.47. The van der Waals surface area contributed by atoms with Crippen molar-refractivity contribution >= 4 is 35.8 Å². The average molecular weight is 430 g/mol. The Morgan fingerprint density at radius 3 is 2.71 bits per heavy atom. The minimum Gasteiger partial charge on any atom is -0.405 e. The average Bonchev–Trinajstić information content (AvgIpc) is 2.74. The van der Waals surface area contributed by atoms with E-state index in [4.69, 9.17) is 16.9 Å². The van der Waals surface area contributed by atoms with E-state index >= 15 is 0 Å². The van der Waals surface area contributed by atoms with Crippen molar-refractivity contribution in [3.63, 3.8) is 0 Å². The van der Waals surface area contributed by atoms with E-state index in [9.17, 15) is 4.79 Å². The predicted molar refractivity (Wildman–Crippen MR) is 131 cm³/mol. The van der Waals surface area contributed by atoms with Gasteiger partial charge in [-0.15, -0.1) is 0 Å². The number of carbonyl (C=O) groups excluding carboxylic acids is 1. The molecule has 31 heavy (non-hydrogen) atoms. The molecule has 0 bridgehead atoms. The zero-order chi connectivity index (χ0) is 22.6. The number of aryl methyl sites for hydroxylation is 1. The third-order valence-electron chi connectivity index (χ3n) is 4.64. The van der Waals surface area contributed by atoms with E-state index in [2.05, 4.69) is 30.1 Å². The lowest BCUT2D eigenvalue weighted by molar-refractivity contribution is 0.250. The van der Waals surface area contributed by atoms with Crippen molar-refractivity contribution in [2.24, 2.45) is 21.5 Å². The number of aromatic nitrogens is 1. The lowest BCUT2D eigenvalue weighted by Gasteiger charge is -2.36. The molecule has 0 aromatic carbocycles. The molecule has 6 N–H and O–H groups in total. The van der Waals surface area contributed by atoms with Crippen LogP contribution in [0.25, 0.3) is 0 Å². The number of carbonyl (C=O) groups is 1. The summed E-state index contributed by atoms with van der Waals surface area (Å²) in [5, 5.41) is 10.2. The molecule has 1 fully saturated rings. The molecule has 1 saturated heterocycles. The van der Waals surface area contributed by atoms with Crippen LogP contribution in [0, 0.1) is 12.3 Å². The number of pyridine rings is 1. The van der Waals surface area contributed by atoms with E-state index in [0.29, 0.717) is 24.5 Å². The maximum atomic E-state index is 11.5. The first-order valence-corrected chi connectivity index (χ1v) is 10.2. The number of urea groups is 1. The van der Waals surface area contributed by atoms with Crippen molar-refractivity contribution in [3.05, 3.63) is 41.8 Å². The molecule has 1 aromatic heterocycles. The number of aliphatic imine (C=N–C) groups is 2. The van der Waals surface area contributed by atoms with Crippen LogP contribution in [0.2, 0.25) is 0 Å². The van der Waals surface area contributed by atoms with Gasteiger partial charge in [0.2, 0.25) is 0 Å². The van der Waals surface area contributed by atoms with Gasteiger partial charge in [0.1, 0.15) is 5.84 Å². The van der Waals surface area contributed by atoms with Crippen molar-refractivity contribution in [2.75, 3.05) is 44.2 Å². The third kappa shape index (κ3) is 7.67. The summed E-state index contributed by atoms with van der Waals surface area (Å²) in [4.78, 5) is 28.6. The van der Waals surface area contributed by atoms with Crippen LogP contribution in [-0.2, 0) is 0 Å². The maximum Gasteiger partial charge on any atom is 0.342 e. The fraction of sp³-hybridized carbons (Fsp3) is 0.381. The van der Waals surface area contributed by atoms with Crippen molar-refractivity contribution < 1.29 is 7.65 Å². The van der Waals surface area contributed by atoms with E-state index in [1.165, 1.54) is 12.4 Å². The molecule has 0 unspecified atom stereocenters. The van der Waals surface area contributed by atoms with E-state index in [1.807, 2.05) is 26.0 Å². The minimum atomic E-state index is -0.481. The SMILES string of the molecule is CCNC(=O)/N=C(N)/C=C(\C=N)CN1CCN(c2ccc(N=C/C=C\N)nc2C)CC1.[HH].[HH]. The summed E-state index contributed by atoms with van der Waals surface area (Å²) < 4.78 is 0. The van der Waals surface area contributed by atoms with Gasteiger partial charge in [0.15, 0.2) is 5.82 Å². The van der Waals surface area contributed by atoms with Crippen LogP contribution >= 0.6 is 0 Å². The maximum absolute atomic E-state index is 11.5. The number of hydrogen-bond acceptors (Lipinski definition) is 7. The van der Waals surface area contributed by atoms with E-state index in [1.54, 1.807) is 18.4 Å². The summed E-state index contributed by atoms with van der Waals surface area (Å²) in [5.74, 6) is 0.736. The Morgan fingerprint density at radius 2 is 2.10 bits per heavy atom. The molecule has 0 aliphatic carbocycles. The normalized spacial score (nSPS) is 16.3. The first kappa shape index (κ1) is 23.7. The summed E-state index contributed by atoms with van der Waals surface area (Å²) in [5.41, 5.74) is 13.8. The Labute approximate surface area is 185 Å². The van der Waals surface area contributed by atoms with Gasteiger partial charge >= 0.3 is 6.03 Å². The summed E-state index contributed by atoms with van der Waals surface area (Å²) >= 11 is 0. The topological polar surface area (TPSA) is 149 Å². The Morgan fingerprint density at radius 1 is 1.35 bits per heavy atom. The standard InChI is InChI=1S/C21H31N9O.2H2/c1-3-25-21(31)28-19(24)13-17(14-23)15-29-9-11-30(12-10-29)18-5-6-20(27-16(18)2)26-8-4-7-22;;/h4-8,13-14,23H,3,9-12,15,22H2,1-2H3,(H3,24,25,28,31);2*1H/b7-4-,17-13+,23-14?,26-8?;;. The molecule has 10 nitrogen and oxygen atoms in total. The smallest absolute Gasteiger partial charge is 0.342 e. The number of allylic oxidation sites excluding steroid dienone is 1. The number of nitrogens with zero attached hydrogens (tertiary/aromatic N) is 5. The number of piperazine rings is 1. The van der Waals surface area contributed by atoms with Gasteiger partial charge in [0.25, 0.3) is 0 Å². The monoisotopic (exact) mass is 429 g/mol. The number of amidine groups is 1. The van der Waals surface area contributed by atoms with Crippen molar-refractivity contribution in [1.82, 2.24) is 15.2 Å². The molecule has 10 heteroatoms. The second kappa shape index (κ2) is 12.2. The Kier molecular flexibility index (Phi) is 9.37. The Hall–Kier alpha value is -3.53.